The molecule has 1 amide bonds. The van der Waals surface area contributed by atoms with E-state index in [2.05, 4.69) is 27.2 Å². The average molecular weight is 338 g/mol. The minimum atomic E-state index is 0.130. The van der Waals surface area contributed by atoms with Gasteiger partial charge >= 0.3 is 0 Å². The van der Waals surface area contributed by atoms with Crippen molar-refractivity contribution < 1.29 is 4.79 Å². The predicted molar refractivity (Wildman–Crippen MR) is 96.7 cm³/mol. The molecule has 1 aliphatic heterocycles. The number of hydrogen-bond acceptors (Lipinski definition) is 5. The lowest BCUT2D eigenvalue weighted by molar-refractivity contribution is 0.0751. The molecule has 0 aliphatic carbocycles. The molecule has 1 aliphatic rings. The number of fused-ring (bicyclic) bond motifs is 1. The zero-order chi connectivity index (χ0) is 16.5. The first-order chi connectivity index (χ1) is 11.7. The van der Waals surface area contributed by atoms with E-state index in [9.17, 15) is 4.79 Å². The van der Waals surface area contributed by atoms with Gasteiger partial charge in [0.2, 0.25) is 0 Å². The molecular formula is C18H18N4OS. The summed E-state index contributed by atoms with van der Waals surface area (Å²) in [6, 6.07) is 14.1. The molecule has 1 aromatic carbocycles. The van der Waals surface area contributed by atoms with Crippen LogP contribution in [0.4, 0.5) is 5.82 Å². The first-order valence-electron chi connectivity index (χ1n) is 8.04. The molecule has 0 atom stereocenters. The molecule has 1 fully saturated rings. The Labute approximate surface area is 144 Å². The Kier molecular flexibility index (Phi) is 3.90. The van der Waals surface area contributed by atoms with Gasteiger partial charge in [0.25, 0.3) is 5.91 Å². The monoisotopic (exact) mass is 338 g/mol. The van der Waals surface area contributed by atoms with Crippen molar-refractivity contribution in [3.63, 3.8) is 0 Å². The summed E-state index contributed by atoms with van der Waals surface area (Å²) < 4.78 is 1.16. The minimum Gasteiger partial charge on any atom is -0.352 e. The zero-order valence-electron chi connectivity index (χ0n) is 13.5. The van der Waals surface area contributed by atoms with Gasteiger partial charge in [-0.1, -0.05) is 18.2 Å². The van der Waals surface area contributed by atoms with E-state index in [4.69, 9.17) is 0 Å². The Balaban J connectivity index is 1.45. The molecule has 0 N–H and O–H groups in total. The Morgan fingerprint density at radius 3 is 2.54 bits per heavy atom. The standard InChI is InChI=1S/C18H18N4OS/c1-13-6-7-17(20-19-13)21-8-10-22(11-9-21)18(23)16-12-14-4-2-3-5-15(14)24-16/h2-7,12H,8-11H2,1H3. The van der Waals surface area contributed by atoms with Crippen LogP contribution in [-0.4, -0.2) is 47.2 Å². The van der Waals surface area contributed by atoms with Crippen LogP contribution in [0.15, 0.2) is 42.5 Å². The number of aryl methyl sites for hydroxylation is 1. The number of carbonyl (C=O) groups is 1. The SMILES string of the molecule is Cc1ccc(N2CCN(C(=O)c3cc4ccccc4s3)CC2)nn1. The molecule has 6 heteroatoms. The van der Waals surface area contributed by atoms with E-state index < -0.39 is 0 Å². The number of anilines is 1. The van der Waals surface area contributed by atoms with E-state index in [0.717, 1.165) is 39.6 Å². The number of amides is 1. The van der Waals surface area contributed by atoms with Gasteiger partial charge in [-0.2, -0.15) is 5.10 Å². The highest BCUT2D eigenvalue weighted by molar-refractivity contribution is 7.20. The third-order valence-corrected chi connectivity index (χ3v) is 5.42. The van der Waals surface area contributed by atoms with Crippen LogP contribution in [0.1, 0.15) is 15.4 Å². The van der Waals surface area contributed by atoms with Gasteiger partial charge < -0.3 is 9.80 Å². The lowest BCUT2D eigenvalue weighted by Crippen LogP contribution is -2.49. The quantitative estimate of drug-likeness (QED) is 0.721. The lowest BCUT2D eigenvalue weighted by Gasteiger charge is -2.35. The number of nitrogens with zero attached hydrogens (tertiary/aromatic N) is 4. The molecule has 0 bridgehead atoms. The van der Waals surface area contributed by atoms with E-state index in [0.29, 0.717) is 13.1 Å². The second kappa shape index (κ2) is 6.20. The third kappa shape index (κ3) is 2.85. The van der Waals surface area contributed by atoms with Crippen LogP contribution in [0.2, 0.25) is 0 Å². The highest BCUT2D eigenvalue weighted by atomic mass is 32.1. The summed E-state index contributed by atoms with van der Waals surface area (Å²) >= 11 is 1.57. The van der Waals surface area contributed by atoms with Gasteiger partial charge in [0, 0.05) is 30.9 Å². The molecule has 24 heavy (non-hydrogen) atoms. The molecule has 1 saturated heterocycles. The topological polar surface area (TPSA) is 49.3 Å². The molecule has 3 aromatic rings. The fraction of sp³-hybridized carbons (Fsp3) is 0.278. The summed E-state index contributed by atoms with van der Waals surface area (Å²) in [5.74, 6) is 1.01. The van der Waals surface area contributed by atoms with Crippen LogP contribution in [-0.2, 0) is 0 Å². The van der Waals surface area contributed by atoms with E-state index in [1.807, 2.05) is 42.2 Å². The maximum Gasteiger partial charge on any atom is 0.264 e. The summed E-state index contributed by atoms with van der Waals surface area (Å²) in [4.78, 5) is 17.7. The number of thiophene rings is 1. The Morgan fingerprint density at radius 1 is 1.04 bits per heavy atom. The summed E-state index contributed by atoms with van der Waals surface area (Å²) in [6.07, 6.45) is 0. The molecular weight excluding hydrogens is 320 g/mol. The Morgan fingerprint density at radius 2 is 1.83 bits per heavy atom. The predicted octanol–water partition coefficient (Wildman–Crippen LogP) is 2.96. The van der Waals surface area contributed by atoms with Gasteiger partial charge in [-0.3, -0.25) is 4.79 Å². The van der Waals surface area contributed by atoms with Crippen LogP contribution in [0, 0.1) is 6.92 Å². The summed E-state index contributed by atoms with van der Waals surface area (Å²) in [5, 5.41) is 9.48. The number of rotatable bonds is 2. The number of benzene rings is 1. The number of carbonyl (C=O) groups excluding carboxylic acids is 1. The van der Waals surface area contributed by atoms with Crippen LogP contribution >= 0.6 is 11.3 Å². The van der Waals surface area contributed by atoms with Crippen LogP contribution in [0.25, 0.3) is 10.1 Å². The molecule has 2 aromatic heterocycles. The largest absolute Gasteiger partial charge is 0.352 e. The second-order valence-electron chi connectivity index (χ2n) is 5.96. The van der Waals surface area contributed by atoms with E-state index in [1.165, 1.54) is 0 Å². The highest BCUT2D eigenvalue weighted by Gasteiger charge is 2.24. The van der Waals surface area contributed by atoms with E-state index in [1.54, 1.807) is 11.3 Å². The van der Waals surface area contributed by atoms with Gasteiger partial charge in [0.1, 0.15) is 0 Å². The molecule has 122 valence electrons. The molecule has 4 rings (SSSR count). The molecule has 3 heterocycles. The first-order valence-corrected chi connectivity index (χ1v) is 8.85. The Hall–Kier alpha value is -2.47. The van der Waals surface area contributed by atoms with E-state index in [-0.39, 0.29) is 5.91 Å². The Bertz CT molecular complexity index is 833. The molecule has 0 radical (unpaired) electrons. The van der Waals surface area contributed by atoms with Gasteiger partial charge in [-0.25, -0.2) is 0 Å². The van der Waals surface area contributed by atoms with Crippen molar-refractivity contribution in [2.24, 2.45) is 0 Å². The molecule has 0 spiro atoms. The second-order valence-corrected chi connectivity index (χ2v) is 7.04. The van der Waals surface area contributed by atoms with Gasteiger partial charge in [0.05, 0.1) is 10.6 Å². The maximum absolute atomic E-state index is 12.7. The molecule has 5 nitrogen and oxygen atoms in total. The summed E-state index contributed by atoms with van der Waals surface area (Å²) in [6.45, 7) is 4.92. The average Bonchev–Trinajstić information content (AvgIpc) is 3.06. The smallest absolute Gasteiger partial charge is 0.264 e. The summed E-state index contributed by atoms with van der Waals surface area (Å²) in [5.41, 5.74) is 0.914. The van der Waals surface area contributed by atoms with Crippen molar-refractivity contribution in [2.75, 3.05) is 31.1 Å². The summed E-state index contributed by atoms with van der Waals surface area (Å²) in [7, 11) is 0. The van der Waals surface area contributed by atoms with Gasteiger partial charge in [-0.05, 0) is 36.6 Å². The molecule has 0 unspecified atom stereocenters. The lowest BCUT2D eigenvalue weighted by atomic mass is 10.2. The van der Waals surface area contributed by atoms with Crippen molar-refractivity contribution in [2.45, 2.75) is 6.92 Å². The van der Waals surface area contributed by atoms with E-state index >= 15 is 0 Å². The van der Waals surface area contributed by atoms with Crippen molar-refractivity contribution in [3.8, 4) is 0 Å². The van der Waals surface area contributed by atoms with Crippen LogP contribution in [0.5, 0.6) is 0 Å². The van der Waals surface area contributed by atoms with Crippen molar-refractivity contribution in [1.82, 2.24) is 15.1 Å². The molecule has 0 saturated carbocycles. The highest BCUT2D eigenvalue weighted by Crippen LogP contribution is 2.26. The van der Waals surface area contributed by atoms with Gasteiger partial charge in [-0.15, -0.1) is 16.4 Å². The fourth-order valence-corrected chi connectivity index (χ4v) is 3.97. The number of hydrogen-bond donors (Lipinski definition) is 0. The van der Waals surface area contributed by atoms with Crippen molar-refractivity contribution >= 4 is 33.1 Å². The first kappa shape index (κ1) is 15.1. The maximum atomic E-state index is 12.7. The minimum absolute atomic E-state index is 0.130. The normalized spacial score (nSPS) is 15.0. The van der Waals surface area contributed by atoms with Crippen molar-refractivity contribution in [3.05, 3.63) is 53.0 Å². The van der Waals surface area contributed by atoms with Gasteiger partial charge in [0.15, 0.2) is 5.82 Å². The van der Waals surface area contributed by atoms with Crippen LogP contribution in [0.3, 0.4) is 0 Å². The fourth-order valence-electron chi connectivity index (χ4n) is 2.94. The zero-order valence-corrected chi connectivity index (χ0v) is 14.3. The third-order valence-electron chi connectivity index (χ3n) is 4.31. The van der Waals surface area contributed by atoms with Crippen molar-refractivity contribution in [1.29, 1.82) is 0 Å². The number of aromatic nitrogens is 2. The van der Waals surface area contributed by atoms with Crippen LogP contribution < -0.4 is 4.90 Å². The number of piperazine rings is 1.